The van der Waals surface area contributed by atoms with E-state index in [1.165, 1.54) is 24.3 Å². The highest BCUT2D eigenvalue weighted by molar-refractivity contribution is 7.99. The van der Waals surface area contributed by atoms with Crippen molar-refractivity contribution in [1.29, 1.82) is 0 Å². The lowest BCUT2D eigenvalue weighted by Gasteiger charge is -2.10. The summed E-state index contributed by atoms with van der Waals surface area (Å²) in [5.74, 6) is 1.25. The fraction of sp³-hybridized carbons (Fsp3) is 0.286. The van der Waals surface area contributed by atoms with Crippen molar-refractivity contribution in [3.63, 3.8) is 0 Å². The lowest BCUT2D eigenvalue weighted by atomic mass is 10.1. The van der Waals surface area contributed by atoms with Crippen molar-refractivity contribution < 1.29 is 23.1 Å². The van der Waals surface area contributed by atoms with Crippen LogP contribution in [0.25, 0.3) is 0 Å². The highest BCUT2D eigenvalue weighted by Crippen LogP contribution is 2.24. The van der Waals surface area contributed by atoms with Crippen LogP contribution in [0.2, 0.25) is 0 Å². The van der Waals surface area contributed by atoms with E-state index in [1.54, 1.807) is 14.0 Å². The van der Waals surface area contributed by atoms with E-state index < -0.39 is 6.10 Å². The fourth-order valence-electron chi connectivity index (χ4n) is 2.64. The largest absolute Gasteiger partial charge is 0.496 e. The third kappa shape index (κ3) is 6.21. The Kier molecular flexibility index (Phi) is 7.67. The lowest BCUT2D eigenvalue weighted by molar-refractivity contribution is -0.118. The third-order valence-corrected chi connectivity index (χ3v) is 4.95. The van der Waals surface area contributed by atoms with Crippen LogP contribution in [-0.4, -0.2) is 35.5 Å². The summed E-state index contributed by atoms with van der Waals surface area (Å²) < 4.78 is 29.4. The first-order chi connectivity index (χ1) is 14.5. The number of ether oxygens (including phenoxy) is 2. The van der Waals surface area contributed by atoms with Crippen LogP contribution in [0.1, 0.15) is 24.5 Å². The zero-order valence-electron chi connectivity index (χ0n) is 16.6. The van der Waals surface area contributed by atoms with Crippen LogP contribution in [0.15, 0.2) is 58.2 Å². The molecule has 2 aromatic carbocycles. The minimum absolute atomic E-state index is 0.134. The summed E-state index contributed by atoms with van der Waals surface area (Å²) in [5.41, 5.74) is 1.03. The molecule has 0 bridgehead atoms. The maximum absolute atomic E-state index is 13.0. The summed E-state index contributed by atoms with van der Waals surface area (Å²) in [6.45, 7) is 2.24. The molecule has 158 valence electrons. The number of benzene rings is 2. The zero-order valence-corrected chi connectivity index (χ0v) is 17.4. The molecule has 0 spiro atoms. The van der Waals surface area contributed by atoms with E-state index >= 15 is 0 Å². The van der Waals surface area contributed by atoms with Crippen LogP contribution in [-0.2, 0) is 11.2 Å². The van der Waals surface area contributed by atoms with Gasteiger partial charge in [-0.2, -0.15) is 0 Å². The number of carbonyl (C=O) groups excluding carboxylic acids is 1. The van der Waals surface area contributed by atoms with E-state index in [0.717, 1.165) is 23.1 Å². The third-order valence-electron chi connectivity index (χ3n) is 4.13. The van der Waals surface area contributed by atoms with Gasteiger partial charge in [0.05, 0.1) is 12.9 Å². The molecule has 0 fully saturated rings. The number of rotatable bonds is 10. The van der Waals surface area contributed by atoms with Gasteiger partial charge in [0.2, 0.25) is 5.91 Å². The standard InChI is InChI=1S/C21H22FN3O4S/c1-14(28-17-9-7-16(22)8-10-17)20-24-25-21(29-20)30-13-19(26)23-12-11-15-5-3-4-6-18(15)27-2/h3-10,14H,11-13H2,1-2H3,(H,23,26)/t14-/m1/s1. The number of nitrogens with one attached hydrogen (secondary N) is 1. The van der Waals surface area contributed by atoms with Crippen LogP contribution < -0.4 is 14.8 Å². The van der Waals surface area contributed by atoms with E-state index in [9.17, 15) is 9.18 Å². The average molecular weight is 431 g/mol. The maximum Gasteiger partial charge on any atom is 0.277 e. The monoisotopic (exact) mass is 431 g/mol. The number of para-hydroxylation sites is 1. The highest BCUT2D eigenvalue weighted by atomic mass is 32.2. The Labute approximate surface area is 178 Å². The van der Waals surface area contributed by atoms with Gasteiger partial charge >= 0.3 is 0 Å². The summed E-state index contributed by atoms with van der Waals surface area (Å²) >= 11 is 1.15. The molecule has 0 aliphatic carbocycles. The maximum atomic E-state index is 13.0. The first kappa shape index (κ1) is 21.6. The summed E-state index contributed by atoms with van der Waals surface area (Å²) in [4.78, 5) is 12.1. The molecule has 0 radical (unpaired) electrons. The van der Waals surface area contributed by atoms with E-state index in [1.807, 2.05) is 24.3 Å². The molecule has 0 saturated heterocycles. The number of thioether (sulfide) groups is 1. The van der Waals surface area contributed by atoms with Crippen LogP contribution in [0.5, 0.6) is 11.5 Å². The predicted octanol–water partition coefficient (Wildman–Crippen LogP) is 3.81. The summed E-state index contributed by atoms with van der Waals surface area (Å²) in [6, 6.07) is 13.4. The first-order valence-corrected chi connectivity index (χ1v) is 10.3. The number of nitrogens with zero attached hydrogens (tertiary/aromatic N) is 2. The molecular formula is C21H22FN3O4S. The van der Waals surface area contributed by atoms with Crippen LogP contribution in [0, 0.1) is 5.82 Å². The van der Waals surface area contributed by atoms with Gasteiger partial charge in [-0.1, -0.05) is 30.0 Å². The molecule has 3 aromatic rings. The summed E-state index contributed by atoms with van der Waals surface area (Å²) in [6.07, 6.45) is 0.163. The van der Waals surface area contributed by atoms with Gasteiger partial charge < -0.3 is 19.2 Å². The molecule has 1 aromatic heterocycles. The number of aromatic nitrogens is 2. The number of methoxy groups -OCH3 is 1. The van der Waals surface area contributed by atoms with Crippen molar-refractivity contribution in [1.82, 2.24) is 15.5 Å². The van der Waals surface area contributed by atoms with Crippen molar-refractivity contribution in [2.75, 3.05) is 19.4 Å². The zero-order chi connectivity index (χ0) is 21.3. The number of hydrogen-bond acceptors (Lipinski definition) is 7. The molecule has 1 atom stereocenters. The van der Waals surface area contributed by atoms with Gasteiger partial charge in [0.25, 0.3) is 11.1 Å². The molecule has 30 heavy (non-hydrogen) atoms. The predicted molar refractivity (Wildman–Crippen MR) is 110 cm³/mol. The van der Waals surface area contributed by atoms with Gasteiger partial charge in [-0.05, 0) is 49.2 Å². The first-order valence-electron chi connectivity index (χ1n) is 9.32. The van der Waals surface area contributed by atoms with Gasteiger partial charge in [0, 0.05) is 6.54 Å². The van der Waals surface area contributed by atoms with Gasteiger partial charge in [-0.25, -0.2) is 4.39 Å². The Hall–Kier alpha value is -3.07. The highest BCUT2D eigenvalue weighted by Gasteiger charge is 2.17. The Morgan fingerprint density at radius 3 is 2.73 bits per heavy atom. The van der Waals surface area contributed by atoms with Gasteiger partial charge in [-0.15, -0.1) is 10.2 Å². The molecule has 0 aliphatic heterocycles. The molecule has 0 saturated carbocycles. The van der Waals surface area contributed by atoms with E-state index in [0.29, 0.717) is 18.7 Å². The summed E-state index contributed by atoms with van der Waals surface area (Å²) in [7, 11) is 1.62. The molecule has 0 aliphatic rings. The van der Waals surface area contributed by atoms with Crippen molar-refractivity contribution in [2.24, 2.45) is 0 Å². The van der Waals surface area contributed by atoms with Crippen molar-refractivity contribution >= 4 is 17.7 Å². The van der Waals surface area contributed by atoms with E-state index in [4.69, 9.17) is 13.9 Å². The molecule has 9 heteroatoms. The number of amides is 1. The molecule has 0 unspecified atom stereocenters. The Bertz CT molecular complexity index is 965. The normalized spacial score (nSPS) is 11.7. The summed E-state index contributed by atoms with van der Waals surface area (Å²) in [5, 5.41) is 11.0. The second-order valence-corrected chi connectivity index (χ2v) is 7.25. The van der Waals surface area contributed by atoms with Gasteiger partial charge in [-0.3, -0.25) is 4.79 Å². The van der Waals surface area contributed by atoms with Crippen molar-refractivity contribution in [2.45, 2.75) is 24.7 Å². The number of hydrogen-bond donors (Lipinski definition) is 1. The molecule has 1 amide bonds. The van der Waals surface area contributed by atoms with Crippen LogP contribution >= 0.6 is 11.8 Å². The number of carbonyl (C=O) groups is 1. The topological polar surface area (TPSA) is 86.5 Å². The van der Waals surface area contributed by atoms with Crippen molar-refractivity contribution in [3.8, 4) is 11.5 Å². The Morgan fingerprint density at radius 1 is 1.20 bits per heavy atom. The fourth-order valence-corrected chi connectivity index (χ4v) is 3.23. The Balaban J connectivity index is 1.42. The molecule has 3 rings (SSSR count). The lowest BCUT2D eigenvalue weighted by Crippen LogP contribution is -2.27. The minimum atomic E-state index is -0.507. The van der Waals surface area contributed by atoms with Gasteiger partial charge in [0.15, 0.2) is 6.10 Å². The quantitative estimate of drug-likeness (QED) is 0.489. The SMILES string of the molecule is COc1ccccc1CCNC(=O)CSc1nnc([C@@H](C)Oc2ccc(F)cc2)o1. The molecule has 1 N–H and O–H groups in total. The molecule has 1 heterocycles. The number of halogens is 1. The second kappa shape index (κ2) is 10.6. The van der Waals surface area contributed by atoms with Crippen LogP contribution in [0.3, 0.4) is 0 Å². The second-order valence-electron chi connectivity index (χ2n) is 6.32. The van der Waals surface area contributed by atoms with Gasteiger partial charge in [0.1, 0.15) is 17.3 Å². The van der Waals surface area contributed by atoms with Crippen LogP contribution in [0.4, 0.5) is 4.39 Å². The van der Waals surface area contributed by atoms with E-state index in [2.05, 4.69) is 15.5 Å². The molecular weight excluding hydrogens is 409 g/mol. The smallest absolute Gasteiger partial charge is 0.277 e. The molecule has 7 nitrogen and oxygen atoms in total. The van der Waals surface area contributed by atoms with E-state index in [-0.39, 0.29) is 28.6 Å². The minimum Gasteiger partial charge on any atom is -0.496 e. The Morgan fingerprint density at radius 2 is 1.97 bits per heavy atom. The van der Waals surface area contributed by atoms with Crippen molar-refractivity contribution in [3.05, 3.63) is 65.8 Å². The average Bonchev–Trinajstić information content (AvgIpc) is 3.23.